The van der Waals surface area contributed by atoms with Crippen molar-refractivity contribution < 1.29 is 4.74 Å². The third-order valence-electron chi connectivity index (χ3n) is 3.07. The van der Waals surface area contributed by atoms with E-state index in [4.69, 9.17) is 10.00 Å². The normalized spacial score (nSPS) is 26.2. The van der Waals surface area contributed by atoms with E-state index in [1.807, 2.05) is 24.9 Å². The van der Waals surface area contributed by atoms with Crippen LogP contribution >= 0.6 is 0 Å². The van der Waals surface area contributed by atoms with Crippen LogP contribution in [0.25, 0.3) is 0 Å². The first kappa shape index (κ1) is 10.2. The predicted molar refractivity (Wildman–Crippen MR) is 55.0 cm³/mol. The highest BCUT2D eigenvalue weighted by atomic mass is 16.5. The van der Waals surface area contributed by atoms with Crippen molar-refractivity contribution in [2.75, 3.05) is 6.61 Å². The molecular weight excluding hydrogens is 190 g/mol. The van der Waals surface area contributed by atoms with Gasteiger partial charge in [-0.25, -0.2) is 0 Å². The number of aryl methyl sites for hydroxylation is 1. The first-order valence-electron chi connectivity index (χ1n) is 5.23. The third kappa shape index (κ3) is 1.75. The fraction of sp³-hybridized carbons (Fsp3) is 0.636. The number of nitrogens with zero attached hydrogens (tertiary/aromatic N) is 3. The van der Waals surface area contributed by atoms with E-state index in [-0.39, 0.29) is 12.0 Å². The number of rotatable bonds is 1. The Morgan fingerprint density at radius 3 is 3.07 bits per heavy atom. The molecule has 0 aromatic carbocycles. The van der Waals surface area contributed by atoms with Gasteiger partial charge in [-0.05, 0) is 19.8 Å². The van der Waals surface area contributed by atoms with Gasteiger partial charge in [-0.1, -0.05) is 0 Å². The van der Waals surface area contributed by atoms with Gasteiger partial charge in [0.2, 0.25) is 0 Å². The Balaban J connectivity index is 2.29. The largest absolute Gasteiger partial charge is 0.372 e. The fourth-order valence-electron chi connectivity index (χ4n) is 2.01. The van der Waals surface area contributed by atoms with E-state index >= 15 is 0 Å². The average Bonchev–Trinajstić information content (AvgIpc) is 2.60. The van der Waals surface area contributed by atoms with Gasteiger partial charge < -0.3 is 4.74 Å². The summed E-state index contributed by atoms with van der Waals surface area (Å²) in [4.78, 5) is 0. The molecule has 0 bridgehead atoms. The molecule has 2 unspecified atom stereocenters. The smallest absolute Gasteiger partial charge is 0.102 e. The van der Waals surface area contributed by atoms with Crippen LogP contribution in [0, 0.1) is 24.2 Å². The maximum absolute atomic E-state index is 9.06. The van der Waals surface area contributed by atoms with Crippen LogP contribution in [-0.2, 0) is 11.8 Å². The van der Waals surface area contributed by atoms with Gasteiger partial charge in [0.15, 0.2) is 0 Å². The van der Waals surface area contributed by atoms with Crippen LogP contribution in [0.3, 0.4) is 0 Å². The number of hydrogen-bond acceptors (Lipinski definition) is 3. The summed E-state index contributed by atoms with van der Waals surface area (Å²) in [5.41, 5.74) is 2.14. The summed E-state index contributed by atoms with van der Waals surface area (Å²) in [7, 11) is 1.91. The molecule has 0 amide bonds. The summed E-state index contributed by atoms with van der Waals surface area (Å²) in [5, 5.41) is 13.3. The lowest BCUT2D eigenvalue weighted by molar-refractivity contribution is -0.0105. The molecule has 1 saturated heterocycles. The summed E-state index contributed by atoms with van der Waals surface area (Å²) >= 11 is 0. The molecular formula is C11H15N3O. The molecule has 1 aliphatic heterocycles. The Labute approximate surface area is 89.5 Å². The zero-order valence-electron chi connectivity index (χ0n) is 9.10. The highest BCUT2D eigenvalue weighted by Crippen LogP contribution is 2.34. The molecule has 1 aromatic heterocycles. The summed E-state index contributed by atoms with van der Waals surface area (Å²) in [6.45, 7) is 2.76. The highest BCUT2D eigenvalue weighted by Gasteiger charge is 2.29. The van der Waals surface area contributed by atoms with Crippen molar-refractivity contribution in [1.29, 1.82) is 5.26 Å². The molecule has 0 aliphatic carbocycles. The van der Waals surface area contributed by atoms with Gasteiger partial charge in [0.25, 0.3) is 0 Å². The van der Waals surface area contributed by atoms with Gasteiger partial charge >= 0.3 is 0 Å². The Morgan fingerprint density at radius 2 is 2.47 bits per heavy atom. The Kier molecular flexibility index (Phi) is 2.74. The van der Waals surface area contributed by atoms with Gasteiger partial charge in [-0.3, -0.25) is 4.68 Å². The molecule has 2 rings (SSSR count). The quantitative estimate of drug-likeness (QED) is 0.701. The van der Waals surface area contributed by atoms with Crippen molar-refractivity contribution in [3.8, 4) is 6.07 Å². The van der Waals surface area contributed by atoms with Crippen molar-refractivity contribution in [1.82, 2.24) is 9.78 Å². The second kappa shape index (κ2) is 4.03. The van der Waals surface area contributed by atoms with E-state index in [0.717, 1.165) is 30.7 Å². The second-order valence-corrected chi connectivity index (χ2v) is 3.98. The van der Waals surface area contributed by atoms with Gasteiger partial charge in [0.1, 0.15) is 6.10 Å². The maximum atomic E-state index is 9.06. The van der Waals surface area contributed by atoms with Gasteiger partial charge in [0.05, 0.1) is 18.2 Å². The first-order chi connectivity index (χ1) is 7.24. The molecule has 4 heteroatoms. The lowest BCUT2D eigenvalue weighted by atomic mass is 9.91. The second-order valence-electron chi connectivity index (χ2n) is 3.98. The van der Waals surface area contributed by atoms with Gasteiger partial charge in [-0.2, -0.15) is 10.4 Å². The molecule has 1 aliphatic rings. The van der Waals surface area contributed by atoms with Crippen LogP contribution in [0.1, 0.15) is 30.2 Å². The number of hydrogen-bond donors (Lipinski definition) is 0. The van der Waals surface area contributed by atoms with E-state index in [9.17, 15) is 0 Å². The zero-order chi connectivity index (χ0) is 10.8. The summed E-state index contributed by atoms with van der Waals surface area (Å²) in [6, 6.07) is 2.33. The van der Waals surface area contributed by atoms with E-state index in [0.29, 0.717) is 0 Å². The van der Waals surface area contributed by atoms with E-state index in [2.05, 4.69) is 11.2 Å². The van der Waals surface area contributed by atoms with Gasteiger partial charge in [-0.15, -0.1) is 0 Å². The van der Waals surface area contributed by atoms with Crippen LogP contribution in [0.2, 0.25) is 0 Å². The standard InChI is InChI=1S/C11H15N3O/c1-8-10(7-13-14(8)2)11-9(6-12)4-3-5-15-11/h7,9,11H,3-5H2,1-2H3. The number of aromatic nitrogens is 2. The monoisotopic (exact) mass is 205 g/mol. The molecule has 80 valence electrons. The average molecular weight is 205 g/mol. The van der Waals surface area contributed by atoms with Crippen LogP contribution < -0.4 is 0 Å². The van der Waals surface area contributed by atoms with Crippen molar-refractivity contribution in [2.24, 2.45) is 13.0 Å². The SMILES string of the molecule is Cc1c(C2OCCCC2C#N)cnn1C. The summed E-state index contributed by atoms with van der Waals surface area (Å²) < 4.78 is 7.51. The lowest BCUT2D eigenvalue weighted by Crippen LogP contribution is -2.21. The van der Waals surface area contributed by atoms with E-state index in [1.165, 1.54) is 0 Å². The third-order valence-corrected chi connectivity index (χ3v) is 3.07. The van der Waals surface area contributed by atoms with Crippen molar-refractivity contribution in [3.63, 3.8) is 0 Å². The van der Waals surface area contributed by atoms with E-state index in [1.54, 1.807) is 0 Å². The fourth-order valence-corrected chi connectivity index (χ4v) is 2.01. The maximum Gasteiger partial charge on any atom is 0.102 e. The molecule has 0 saturated carbocycles. The molecule has 1 fully saturated rings. The first-order valence-corrected chi connectivity index (χ1v) is 5.23. The predicted octanol–water partition coefficient (Wildman–Crippen LogP) is 1.72. The Morgan fingerprint density at radius 1 is 1.67 bits per heavy atom. The Bertz CT molecular complexity index is 391. The minimum atomic E-state index is -0.0857. The number of ether oxygens (including phenoxy) is 1. The molecule has 0 radical (unpaired) electrons. The van der Waals surface area contributed by atoms with Crippen molar-refractivity contribution >= 4 is 0 Å². The molecule has 2 heterocycles. The highest BCUT2D eigenvalue weighted by molar-refractivity contribution is 5.22. The lowest BCUT2D eigenvalue weighted by Gasteiger charge is -2.27. The van der Waals surface area contributed by atoms with Crippen molar-refractivity contribution in [3.05, 3.63) is 17.5 Å². The molecule has 1 aromatic rings. The summed E-state index contributed by atoms with van der Waals surface area (Å²) in [5.74, 6) is -0.0263. The van der Waals surface area contributed by atoms with Crippen LogP contribution in [-0.4, -0.2) is 16.4 Å². The minimum Gasteiger partial charge on any atom is -0.372 e. The Hall–Kier alpha value is -1.34. The molecule has 0 spiro atoms. The molecule has 0 N–H and O–H groups in total. The molecule has 15 heavy (non-hydrogen) atoms. The molecule has 4 nitrogen and oxygen atoms in total. The van der Waals surface area contributed by atoms with E-state index < -0.39 is 0 Å². The number of nitriles is 1. The van der Waals surface area contributed by atoms with Crippen LogP contribution in [0.15, 0.2) is 6.20 Å². The summed E-state index contributed by atoms with van der Waals surface area (Å²) in [6.07, 6.45) is 3.64. The van der Waals surface area contributed by atoms with Gasteiger partial charge in [0, 0.05) is 24.9 Å². The zero-order valence-corrected chi connectivity index (χ0v) is 9.10. The molecule has 2 atom stereocenters. The van der Waals surface area contributed by atoms with Crippen LogP contribution in [0.4, 0.5) is 0 Å². The topological polar surface area (TPSA) is 50.8 Å². The van der Waals surface area contributed by atoms with Crippen LogP contribution in [0.5, 0.6) is 0 Å². The van der Waals surface area contributed by atoms with Crippen molar-refractivity contribution in [2.45, 2.75) is 25.9 Å². The minimum absolute atomic E-state index is 0.0263.